The lowest BCUT2D eigenvalue weighted by Crippen LogP contribution is -2.33. The summed E-state index contributed by atoms with van der Waals surface area (Å²) in [5, 5.41) is 13.6. The van der Waals surface area contributed by atoms with Crippen LogP contribution in [0.2, 0.25) is 0 Å². The molecular weight excluding hydrogens is 320 g/mol. The highest BCUT2D eigenvalue weighted by Gasteiger charge is 2.20. The summed E-state index contributed by atoms with van der Waals surface area (Å²) in [4.78, 5) is 22.3. The second-order valence-corrected chi connectivity index (χ2v) is 6.14. The van der Waals surface area contributed by atoms with Crippen LogP contribution in [0.3, 0.4) is 0 Å². The number of hydrogen-bond donors (Lipinski definition) is 1. The van der Waals surface area contributed by atoms with E-state index in [1.807, 2.05) is 12.1 Å². The van der Waals surface area contributed by atoms with Crippen LogP contribution in [0.1, 0.15) is 29.9 Å². The van der Waals surface area contributed by atoms with E-state index in [-0.39, 0.29) is 18.2 Å². The first-order valence-electron chi connectivity index (χ1n) is 8.35. The van der Waals surface area contributed by atoms with Gasteiger partial charge in [-0.15, -0.1) is 0 Å². The summed E-state index contributed by atoms with van der Waals surface area (Å²) in [5.41, 5.74) is 2.62. The van der Waals surface area contributed by atoms with Crippen LogP contribution in [0.4, 0.5) is 5.69 Å². The third kappa shape index (κ3) is 4.35. The van der Waals surface area contributed by atoms with Gasteiger partial charge in [0.15, 0.2) is 6.61 Å². The van der Waals surface area contributed by atoms with Crippen LogP contribution < -0.4 is 10.1 Å². The first-order chi connectivity index (χ1) is 12.1. The van der Waals surface area contributed by atoms with Crippen molar-refractivity contribution in [2.24, 2.45) is 0 Å². The number of hydrogen-bond acceptors (Lipinski definition) is 4. The number of nitrogens with one attached hydrogen (secondary N) is 1. The molecule has 0 unspecified atom stereocenters. The van der Waals surface area contributed by atoms with Gasteiger partial charge in [-0.2, -0.15) is 0 Å². The van der Waals surface area contributed by atoms with Gasteiger partial charge < -0.3 is 10.1 Å². The average molecular weight is 340 g/mol. The molecule has 0 fully saturated rings. The molecule has 25 heavy (non-hydrogen) atoms. The standard InChI is InChI=1S/C19H20N2O4/c22-19(13-25-17-9-4-8-16(11-17)21(23)24)20-12-15-7-3-6-14-5-1-2-10-18(14)15/h1-2,4-5,8-11,15H,3,6-7,12-13H2,(H,20,22)/t15-/m0/s1. The zero-order chi connectivity index (χ0) is 17.6. The molecular formula is C19H20N2O4. The van der Waals surface area contributed by atoms with E-state index in [0.717, 1.165) is 19.3 Å². The minimum absolute atomic E-state index is 0.0586. The van der Waals surface area contributed by atoms with Crippen LogP contribution in [-0.2, 0) is 11.2 Å². The molecule has 0 saturated carbocycles. The monoisotopic (exact) mass is 340 g/mol. The van der Waals surface area contributed by atoms with E-state index in [0.29, 0.717) is 18.2 Å². The first kappa shape index (κ1) is 17.0. The number of amides is 1. The van der Waals surface area contributed by atoms with Gasteiger partial charge in [0, 0.05) is 18.5 Å². The molecule has 0 heterocycles. The Morgan fingerprint density at radius 1 is 1.24 bits per heavy atom. The van der Waals surface area contributed by atoms with Gasteiger partial charge in [-0.05, 0) is 36.5 Å². The maximum absolute atomic E-state index is 12.0. The molecule has 3 rings (SSSR count). The van der Waals surface area contributed by atoms with Crippen molar-refractivity contribution in [3.63, 3.8) is 0 Å². The highest BCUT2D eigenvalue weighted by atomic mass is 16.6. The minimum atomic E-state index is -0.493. The zero-order valence-electron chi connectivity index (χ0n) is 13.8. The second-order valence-electron chi connectivity index (χ2n) is 6.14. The number of fused-ring (bicyclic) bond motifs is 1. The predicted octanol–water partition coefficient (Wildman–Crippen LogP) is 3.21. The lowest BCUT2D eigenvalue weighted by Gasteiger charge is -2.25. The van der Waals surface area contributed by atoms with Gasteiger partial charge in [0.25, 0.3) is 11.6 Å². The van der Waals surface area contributed by atoms with Crippen LogP contribution in [0.25, 0.3) is 0 Å². The lowest BCUT2D eigenvalue weighted by molar-refractivity contribution is -0.384. The van der Waals surface area contributed by atoms with Gasteiger partial charge in [0.05, 0.1) is 11.0 Å². The number of carbonyl (C=O) groups excluding carboxylic acids is 1. The molecule has 1 N–H and O–H groups in total. The summed E-state index contributed by atoms with van der Waals surface area (Å²) in [7, 11) is 0. The Morgan fingerprint density at radius 2 is 2.08 bits per heavy atom. The fraction of sp³-hybridized carbons (Fsp3) is 0.316. The first-order valence-corrected chi connectivity index (χ1v) is 8.35. The largest absolute Gasteiger partial charge is 0.484 e. The van der Waals surface area contributed by atoms with Crippen molar-refractivity contribution in [1.29, 1.82) is 0 Å². The van der Waals surface area contributed by atoms with E-state index < -0.39 is 4.92 Å². The average Bonchev–Trinajstić information content (AvgIpc) is 2.65. The van der Waals surface area contributed by atoms with Gasteiger partial charge in [-0.25, -0.2) is 0 Å². The highest BCUT2D eigenvalue weighted by Crippen LogP contribution is 2.30. The van der Waals surface area contributed by atoms with E-state index in [2.05, 4.69) is 17.4 Å². The molecule has 0 saturated heterocycles. The van der Waals surface area contributed by atoms with Crippen molar-refractivity contribution in [2.45, 2.75) is 25.2 Å². The van der Waals surface area contributed by atoms with Gasteiger partial charge in [0.1, 0.15) is 5.75 Å². The maximum atomic E-state index is 12.0. The van der Waals surface area contributed by atoms with Crippen molar-refractivity contribution in [3.05, 3.63) is 69.8 Å². The van der Waals surface area contributed by atoms with Gasteiger partial charge in [-0.1, -0.05) is 30.3 Å². The molecule has 1 aliphatic carbocycles. The number of nitrogens with zero attached hydrogens (tertiary/aromatic N) is 1. The van der Waals surface area contributed by atoms with Crippen LogP contribution in [0.5, 0.6) is 5.75 Å². The van der Waals surface area contributed by atoms with Crippen LogP contribution in [0, 0.1) is 10.1 Å². The number of benzene rings is 2. The summed E-state index contributed by atoms with van der Waals surface area (Å²) in [5.74, 6) is 0.411. The molecule has 1 amide bonds. The van der Waals surface area contributed by atoms with Gasteiger partial charge >= 0.3 is 0 Å². The number of ether oxygens (including phenoxy) is 1. The Balaban J connectivity index is 1.51. The number of carbonyl (C=O) groups is 1. The fourth-order valence-electron chi connectivity index (χ4n) is 3.19. The van der Waals surface area contributed by atoms with Crippen LogP contribution in [-0.4, -0.2) is 24.0 Å². The molecule has 2 aromatic carbocycles. The van der Waals surface area contributed by atoms with E-state index in [4.69, 9.17) is 4.74 Å². The molecule has 6 heteroatoms. The summed E-state index contributed by atoms with van der Waals surface area (Å²) in [6.07, 6.45) is 3.28. The van der Waals surface area contributed by atoms with Crippen molar-refractivity contribution in [1.82, 2.24) is 5.32 Å². The van der Waals surface area contributed by atoms with Gasteiger partial charge in [0.2, 0.25) is 0 Å². The van der Waals surface area contributed by atoms with Crippen molar-refractivity contribution in [2.75, 3.05) is 13.2 Å². The smallest absolute Gasteiger partial charge is 0.273 e. The summed E-state index contributed by atoms with van der Waals surface area (Å²) in [6, 6.07) is 14.2. The summed E-state index contributed by atoms with van der Waals surface area (Å²) >= 11 is 0. The Labute approximate surface area is 146 Å². The third-order valence-electron chi connectivity index (χ3n) is 4.44. The van der Waals surface area contributed by atoms with Crippen LogP contribution in [0.15, 0.2) is 48.5 Å². The minimum Gasteiger partial charge on any atom is -0.484 e. The molecule has 6 nitrogen and oxygen atoms in total. The Bertz CT molecular complexity index is 776. The molecule has 1 atom stereocenters. The summed E-state index contributed by atoms with van der Waals surface area (Å²) < 4.78 is 5.35. The Kier molecular flexibility index (Phi) is 5.28. The third-order valence-corrected chi connectivity index (χ3v) is 4.44. The molecule has 0 spiro atoms. The van der Waals surface area contributed by atoms with Crippen molar-refractivity contribution in [3.8, 4) is 5.75 Å². The number of non-ortho nitro benzene ring substituents is 1. The van der Waals surface area contributed by atoms with Gasteiger partial charge in [-0.3, -0.25) is 14.9 Å². The SMILES string of the molecule is O=C(COc1cccc([N+](=O)[O-])c1)NC[C@@H]1CCCc2ccccc21. The zero-order valence-corrected chi connectivity index (χ0v) is 13.8. The van der Waals surface area contributed by atoms with Crippen LogP contribution >= 0.6 is 0 Å². The normalized spacial score (nSPS) is 15.9. The van der Waals surface area contributed by atoms with Crippen molar-refractivity contribution >= 4 is 11.6 Å². The highest BCUT2D eigenvalue weighted by molar-refractivity contribution is 5.77. The molecule has 130 valence electrons. The fourth-order valence-corrected chi connectivity index (χ4v) is 3.19. The second kappa shape index (κ2) is 7.79. The van der Waals surface area contributed by atoms with E-state index in [1.54, 1.807) is 6.07 Å². The topological polar surface area (TPSA) is 81.5 Å². The van der Waals surface area contributed by atoms with Crippen molar-refractivity contribution < 1.29 is 14.5 Å². The summed E-state index contributed by atoms with van der Waals surface area (Å²) in [6.45, 7) is 0.420. The number of nitro benzene ring substituents is 1. The maximum Gasteiger partial charge on any atom is 0.273 e. The quantitative estimate of drug-likeness (QED) is 0.647. The molecule has 0 bridgehead atoms. The molecule has 0 aliphatic heterocycles. The number of nitro groups is 1. The molecule has 1 aliphatic rings. The molecule has 0 aromatic heterocycles. The molecule has 0 radical (unpaired) electrons. The van der Waals surface area contributed by atoms with E-state index in [9.17, 15) is 14.9 Å². The number of aryl methyl sites for hydroxylation is 1. The lowest BCUT2D eigenvalue weighted by atomic mass is 9.83. The molecule has 2 aromatic rings. The Morgan fingerprint density at radius 3 is 2.92 bits per heavy atom. The van der Waals surface area contributed by atoms with E-state index >= 15 is 0 Å². The Hall–Kier alpha value is -2.89. The predicted molar refractivity (Wildman–Crippen MR) is 93.7 cm³/mol. The van der Waals surface area contributed by atoms with E-state index in [1.165, 1.54) is 29.3 Å². The number of rotatable bonds is 6.